The van der Waals surface area contributed by atoms with Gasteiger partial charge in [0.15, 0.2) is 18.1 Å². The van der Waals surface area contributed by atoms with Gasteiger partial charge in [0.2, 0.25) is 6.79 Å². The van der Waals surface area contributed by atoms with Crippen LogP contribution in [0.2, 0.25) is 0 Å². The maximum absolute atomic E-state index is 12.8. The molecule has 2 aromatic carbocycles. The molecule has 6 heteroatoms. The van der Waals surface area contributed by atoms with Gasteiger partial charge in [-0.25, -0.2) is 0 Å². The average molecular weight is 367 g/mol. The summed E-state index contributed by atoms with van der Waals surface area (Å²) in [5, 5.41) is 2.72. The molecular weight excluding hydrogens is 346 g/mol. The van der Waals surface area contributed by atoms with Crippen molar-refractivity contribution in [1.29, 1.82) is 0 Å². The molecule has 0 aromatic heterocycles. The summed E-state index contributed by atoms with van der Waals surface area (Å²) < 4.78 is 15.9. The Morgan fingerprint density at radius 1 is 1.00 bits per heavy atom. The van der Waals surface area contributed by atoms with Crippen LogP contribution >= 0.6 is 0 Å². The predicted molar refractivity (Wildman–Crippen MR) is 98.7 cm³/mol. The van der Waals surface area contributed by atoms with Gasteiger partial charge in [-0.1, -0.05) is 43.2 Å². The van der Waals surface area contributed by atoms with E-state index in [1.807, 2.05) is 30.3 Å². The number of benzene rings is 2. The number of hydrogen-bond acceptors (Lipinski definition) is 5. The minimum Gasteiger partial charge on any atom is -0.455 e. The number of carbonyl (C=O) groups is 2. The summed E-state index contributed by atoms with van der Waals surface area (Å²) in [4.78, 5) is 25.1. The van der Waals surface area contributed by atoms with E-state index in [1.165, 1.54) is 0 Å². The molecule has 0 unspecified atom stereocenters. The number of esters is 1. The number of ether oxygens (including phenoxy) is 3. The molecule has 2 aromatic rings. The molecule has 0 bridgehead atoms. The number of hydrogen-bond donors (Lipinski definition) is 1. The van der Waals surface area contributed by atoms with Crippen molar-refractivity contribution in [2.45, 2.75) is 31.1 Å². The Morgan fingerprint density at radius 3 is 2.52 bits per heavy atom. The number of rotatable bonds is 5. The van der Waals surface area contributed by atoms with Crippen molar-refractivity contribution in [3.05, 3.63) is 54.1 Å². The van der Waals surface area contributed by atoms with Crippen LogP contribution in [0.1, 0.15) is 31.2 Å². The van der Waals surface area contributed by atoms with Gasteiger partial charge in [-0.05, 0) is 30.5 Å². The molecule has 0 spiro atoms. The van der Waals surface area contributed by atoms with Gasteiger partial charge in [0.05, 0.1) is 5.41 Å². The van der Waals surface area contributed by atoms with Crippen LogP contribution < -0.4 is 14.8 Å². The molecule has 1 aliphatic carbocycles. The lowest BCUT2D eigenvalue weighted by atomic mass is 9.79. The summed E-state index contributed by atoms with van der Waals surface area (Å²) in [6.45, 7) is -0.145. The van der Waals surface area contributed by atoms with E-state index in [2.05, 4.69) is 5.32 Å². The van der Waals surface area contributed by atoms with Crippen LogP contribution in [0.4, 0.5) is 5.69 Å². The van der Waals surface area contributed by atoms with Gasteiger partial charge in [-0.2, -0.15) is 0 Å². The Morgan fingerprint density at radius 2 is 1.74 bits per heavy atom. The van der Waals surface area contributed by atoms with Crippen molar-refractivity contribution >= 4 is 17.6 Å². The number of carbonyl (C=O) groups excluding carboxylic acids is 2. The molecule has 1 saturated carbocycles. The second kappa shape index (κ2) is 7.31. The summed E-state index contributed by atoms with van der Waals surface area (Å²) in [5.74, 6) is 0.514. The van der Waals surface area contributed by atoms with Crippen molar-refractivity contribution in [3.63, 3.8) is 0 Å². The van der Waals surface area contributed by atoms with E-state index in [0.29, 0.717) is 17.2 Å². The third-order valence-electron chi connectivity index (χ3n) is 5.16. The Labute approximate surface area is 157 Å². The highest BCUT2D eigenvalue weighted by Gasteiger charge is 2.44. The Bertz CT molecular complexity index is 843. The number of anilines is 1. The topological polar surface area (TPSA) is 73.9 Å². The highest BCUT2D eigenvalue weighted by atomic mass is 16.7. The van der Waals surface area contributed by atoms with E-state index in [9.17, 15) is 9.59 Å². The van der Waals surface area contributed by atoms with Crippen LogP contribution in [0, 0.1) is 0 Å². The van der Waals surface area contributed by atoms with Crippen molar-refractivity contribution in [2.75, 3.05) is 18.7 Å². The molecule has 1 amide bonds. The second-order valence-electron chi connectivity index (χ2n) is 6.85. The fourth-order valence-electron chi connectivity index (χ4n) is 3.79. The van der Waals surface area contributed by atoms with Gasteiger partial charge in [-0.3, -0.25) is 9.59 Å². The molecule has 1 N–H and O–H groups in total. The van der Waals surface area contributed by atoms with E-state index in [1.54, 1.807) is 18.2 Å². The Kier molecular flexibility index (Phi) is 4.71. The van der Waals surface area contributed by atoms with Crippen molar-refractivity contribution in [2.24, 2.45) is 0 Å². The van der Waals surface area contributed by atoms with E-state index >= 15 is 0 Å². The van der Waals surface area contributed by atoms with Crippen molar-refractivity contribution in [3.8, 4) is 11.5 Å². The van der Waals surface area contributed by atoms with Crippen molar-refractivity contribution in [1.82, 2.24) is 0 Å². The molecule has 2 aliphatic rings. The fourth-order valence-corrected chi connectivity index (χ4v) is 3.79. The maximum atomic E-state index is 12.8. The van der Waals surface area contributed by atoms with Crippen LogP contribution in [0.5, 0.6) is 11.5 Å². The molecule has 140 valence electrons. The van der Waals surface area contributed by atoms with E-state index in [4.69, 9.17) is 14.2 Å². The van der Waals surface area contributed by atoms with Gasteiger partial charge in [0.1, 0.15) is 0 Å². The van der Waals surface area contributed by atoms with Crippen LogP contribution in [-0.4, -0.2) is 25.3 Å². The fraction of sp³-hybridized carbons (Fsp3) is 0.333. The van der Waals surface area contributed by atoms with Gasteiger partial charge >= 0.3 is 5.97 Å². The molecule has 4 rings (SSSR count). The lowest BCUT2D eigenvalue weighted by molar-refractivity contribution is -0.153. The molecule has 1 aliphatic heterocycles. The highest BCUT2D eigenvalue weighted by Crippen LogP contribution is 2.42. The number of fused-ring (bicyclic) bond motifs is 1. The van der Waals surface area contributed by atoms with Crippen LogP contribution in [0.25, 0.3) is 0 Å². The number of nitrogens with one attached hydrogen (secondary N) is 1. The van der Waals surface area contributed by atoms with E-state index in [0.717, 1.165) is 31.2 Å². The summed E-state index contributed by atoms with van der Waals surface area (Å²) in [6.07, 6.45) is 3.46. The smallest absolute Gasteiger partial charge is 0.317 e. The Balaban J connectivity index is 1.38. The average Bonchev–Trinajstić information content (AvgIpc) is 3.36. The van der Waals surface area contributed by atoms with Crippen LogP contribution in [-0.2, 0) is 19.7 Å². The first kappa shape index (κ1) is 17.4. The highest BCUT2D eigenvalue weighted by molar-refractivity contribution is 5.94. The van der Waals surface area contributed by atoms with E-state index < -0.39 is 5.41 Å². The predicted octanol–water partition coefficient (Wildman–Crippen LogP) is 3.41. The van der Waals surface area contributed by atoms with Crippen LogP contribution in [0.15, 0.2) is 48.5 Å². The second-order valence-corrected chi connectivity index (χ2v) is 6.85. The number of amides is 1. The zero-order valence-electron chi connectivity index (χ0n) is 14.9. The largest absolute Gasteiger partial charge is 0.455 e. The van der Waals surface area contributed by atoms with Crippen LogP contribution in [0.3, 0.4) is 0 Å². The summed E-state index contributed by atoms with van der Waals surface area (Å²) in [6, 6.07) is 14.8. The van der Waals surface area contributed by atoms with Gasteiger partial charge in [0.25, 0.3) is 5.91 Å². The third kappa shape index (κ3) is 3.47. The van der Waals surface area contributed by atoms with Crippen molar-refractivity contribution < 1.29 is 23.8 Å². The lowest BCUT2D eigenvalue weighted by Gasteiger charge is -2.27. The maximum Gasteiger partial charge on any atom is 0.317 e. The molecule has 6 nitrogen and oxygen atoms in total. The molecule has 1 fully saturated rings. The molecule has 27 heavy (non-hydrogen) atoms. The first-order valence-electron chi connectivity index (χ1n) is 9.10. The zero-order chi connectivity index (χ0) is 18.7. The standard InChI is InChI=1S/C21H21NO5/c23-19(22-16-8-9-17-18(12-16)27-14-26-17)13-25-20(24)21(10-4-5-11-21)15-6-2-1-3-7-15/h1-3,6-9,12H,4-5,10-11,13-14H2,(H,22,23). The first-order chi connectivity index (χ1) is 13.2. The normalized spacial score (nSPS) is 16.7. The van der Waals surface area contributed by atoms with E-state index in [-0.39, 0.29) is 25.3 Å². The molecule has 1 heterocycles. The van der Waals surface area contributed by atoms with Gasteiger partial charge in [0, 0.05) is 11.8 Å². The molecule has 0 atom stereocenters. The quantitative estimate of drug-likeness (QED) is 0.820. The monoisotopic (exact) mass is 367 g/mol. The zero-order valence-corrected chi connectivity index (χ0v) is 14.9. The van der Waals surface area contributed by atoms with Gasteiger partial charge < -0.3 is 19.5 Å². The summed E-state index contributed by atoms with van der Waals surface area (Å²) in [7, 11) is 0. The van der Waals surface area contributed by atoms with Gasteiger partial charge in [-0.15, -0.1) is 0 Å². The molecule has 0 saturated heterocycles. The summed E-state index contributed by atoms with van der Waals surface area (Å²) >= 11 is 0. The SMILES string of the molecule is O=C(COC(=O)C1(c2ccccc2)CCCC1)Nc1ccc2c(c1)OCO2. The molecular formula is C21H21NO5. The lowest BCUT2D eigenvalue weighted by Crippen LogP contribution is -2.36. The molecule has 0 radical (unpaired) electrons. The minimum atomic E-state index is -0.639. The Hall–Kier alpha value is -3.02. The summed E-state index contributed by atoms with van der Waals surface area (Å²) in [5.41, 5.74) is 0.892. The first-order valence-corrected chi connectivity index (χ1v) is 9.10. The third-order valence-corrected chi connectivity index (χ3v) is 5.16. The minimum absolute atomic E-state index is 0.173.